The maximum atomic E-state index is 12.4. The molecular weight excluding hydrogens is 334 g/mol. The molecule has 8 nitrogen and oxygen atoms in total. The molecule has 1 heterocycles. The second kappa shape index (κ2) is 8.09. The second-order valence-corrected chi connectivity index (χ2v) is 6.28. The number of rotatable bonds is 8. The van der Waals surface area contributed by atoms with Crippen molar-refractivity contribution in [2.75, 3.05) is 13.2 Å². The number of aliphatic hydroxyl groups excluding tert-OH is 1. The highest BCUT2D eigenvalue weighted by Crippen LogP contribution is 2.21. The maximum Gasteiger partial charge on any atom is 0.273 e. The molecule has 8 heteroatoms. The highest BCUT2D eigenvalue weighted by molar-refractivity contribution is 5.94. The molecule has 1 aliphatic rings. The van der Waals surface area contributed by atoms with Gasteiger partial charge in [-0.05, 0) is 56.9 Å². The fourth-order valence-electron chi connectivity index (χ4n) is 2.65. The summed E-state index contributed by atoms with van der Waals surface area (Å²) in [4.78, 5) is 24.3. The number of hydrogen-bond donors (Lipinski definition) is 3. The van der Waals surface area contributed by atoms with Crippen molar-refractivity contribution < 1.29 is 14.7 Å². The molecule has 1 fully saturated rings. The molecule has 2 amide bonds. The van der Waals surface area contributed by atoms with E-state index in [0.29, 0.717) is 36.3 Å². The number of amides is 2. The molecule has 138 valence electrons. The van der Waals surface area contributed by atoms with Crippen molar-refractivity contribution >= 4 is 11.8 Å². The smallest absolute Gasteiger partial charge is 0.273 e. The minimum absolute atomic E-state index is 0.0188. The SMILES string of the molecule is CCNC(=O)c1ccc(-n2nnc(C(=O)NC3CC3)c2CCCO)cc1. The van der Waals surface area contributed by atoms with Gasteiger partial charge in [-0.1, -0.05) is 5.21 Å². The van der Waals surface area contributed by atoms with Gasteiger partial charge in [0.05, 0.1) is 11.4 Å². The lowest BCUT2D eigenvalue weighted by Gasteiger charge is -2.09. The van der Waals surface area contributed by atoms with Crippen molar-refractivity contribution in [1.29, 1.82) is 0 Å². The Balaban J connectivity index is 1.86. The molecule has 0 aliphatic heterocycles. The van der Waals surface area contributed by atoms with Crippen LogP contribution in [0.4, 0.5) is 0 Å². The van der Waals surface area contributed by atoms with Gasteiger partial charge in [-0.3, -0.25) is 9.59 Å². The van der Waals surface area contributed by atoms with Crippen LogP contribution in [-0.4, -0.2) is 51.1 Å². The summed E-state index contributed by atoms with van der Waals surface area (Å²) in [6.07, 6.45) is 2.98. The predicted molar refractivity (Wildman–Crippen MR) is 95.3 cm³/mol. The van der Waals surface area contributed by atoms with E-state index >= 15 is 0 Å². The Morgan fingerprint density at radius 1 is 1.23 bits per heavy atom. The number of carbonyl (C=O) groups is 2. The summed E-state index contributed by atoms with van der Waals surface area (Å²) in [7, 11) is 0. The third-order valence-electron chi connectivity index (χ3n) is 4.17. The third-order valence-corrected chi connectivity index (χ3v) is 4.17. The van der Waals surface area contributed by atoms with Crippen molar-refractivity contribution in [2.45, 2.75) is 38.6 Å². The summed E-state index contributed by atoms with van der Waals surface area (Å²) < 4.78 is 1.60. The Morgan fingerprint density at radius 2 is 1.96 bits per heavy atom. The lowest BCUT2D eigenvalue weighted by atomic mass is 10.1. The first-order valence-electron chi connectivity index (χ1n) is 8.89. The highest BCUT2D eigenvalue weighted by Gasteiger charge is 2.27. The largest absolute Gasteiger partial charge is 0.396 e. The Kier molecular flexibility index (Phi) is 5.62. The van der Waals surface area contributed by atoms with Crippen LogP contribution < -0.4 is 10.6 Å². The molecule has 0 radical (unpaired) electrons. The molecule has 0 bridgehead atoms. The van der Waals surface area contributed by atoms with E-state index in [1.807, 2.05) is 6.92 Å². The molecule has 1 aromatic heterocycles. The molecule has 1 aromatic carbocycles. The van der Waals surface area contributed by atoms with Gasteiger partial charge in [0.25, 0.3) is 11.8 Å². The second-order valence-electron chi connectivity index (χ2n) is 6.28. The molecule has 0 spiro atoms. The van der Waals surface area contributed by atoms with Gasteiger partial charge in [0.1, 0.15) is 0 Å². The van der Waals surface area contributed by atoms with Crippen LogP contribution in [0.5, 0.6) is 0 Å². The van der Waals surface area contributed by atoms with E-state index < -0.39 is 0 Å². The minimum atomic E-state index is -0.231. The average molecular weight is 357 g/mol. The van der Waals surface area contributed by atoms with Gasteiger partial charge in [-0.25, -0.2) is 4.68 Å². The molecule has 0 unspecified atom stereocenters. The van der Waals surface area contributed by atoms with Gasteiger partial charge in [0, 0.05) is 24.8 Å². The van der Waals surface area contributed by atoms with E-state index in [9.17, 15) is 9.59 Å². The molecule has 0 saturated heterocycles. The minimum Gasteiger partial charge on any atom is -0.396 e. The van der Waals surface area contributed by atoms with Gasteiger partial charge in [0.15, 0.2) is 5.69 Å². The number of hydrogen-bond acceptors (Lipinski definition) is 5. The van der Waals surface area contributed by atoms with Crippen LogP contribution in [0.25, 0.3) is 5.69 Å². The maximum absolute atomic E-state index is 12.4. The summed E-state index contributed by atoms with van der Waals surface area (Å²) >= 11 is 0. The zero-order valence-corrected chi connectivity index (χ0v) is 14.7. The Hall–Kier alpha value is -2.74. The molecule has 3 N–H and O–H groups in total. The van der Waals surface area contributed by atoms with E-state index in [4.69, 9.17) is 5.11 Å². The van der Waals surface area contributed by atoms with Gasteiger partial charge in [-0.2, -0.15) is 0 Å². The first-order chi connectivity index (χ1) is 12.6. The van der Waals surface area contributed by atoms with Gasteiger partial charge in [0.2, 0.25) is 0 Å². The van der Waals surface area contributed by atoms with E-state index in [0.717, 1.165) is 12.8 Å². The summed E-state index contributed by atoms with van der Waals surface area (Å²) in [5.74, 6) is -0.367. The summed E-state index contributed by atoms with van der Waals surface area (Å²) in [5.41, 5.74) is 2.21. The summed E-state index contributed by atoms with van der Waals surface area (Å²) in [6, 6.07) is 7.19. The molecule has 0 atom stereocenters. The quantitative estimate of drug-likeness (QED) is 0.648. The molecule has 3 rings (SSSR count). The zero-order chi connectivity index (χ0) is 18.5. The van der Waals surface area contributed by atoms with Crippen LogP contribution in [0.2, 0.25) is 0 Å². The van der Waals surface area contributed by atoms with Crippen LogP contribution in [0, 0.1) is 0 Å². The highest BCUT2D eigenvalue weighted by atomic mass is 16.3. The van der Waals surface area contributed by atoms with Crippen molar-refractivity contribution in [3.63, 3.8) is 0 Å². The molecule has 1 saturated carbocycles. The number of nitrogens with zero attached hydrogens (tertiary/aromatic N) is 3. The van der Waals surface area contributed by atoms with E-state index in [2.05, 4.69) is 20.9 Å². The fraction of sp³-hybridized carbons (Fsp3) is 0.444. The van der Waals surface area contributed by atoms with Crippen molar-refractivity contribution in [2.24, 2.45) is 0 Å². The Morgan fingerprint density at radius 3 is 2.58 bits per heavy atom. The number of carbonyl (C=O) groups excluding carboxylic acids is 2. The van der Waals surface area contributed by atoms with Crippen LogP contribution in [0.15, 0.2) is 24.3 Å². The first-order valence-corrected chi connectivity index (χ1v) is 8.89. The van der Waals surface area contributed by atoms with E-state index in [-0.39, 0.29) is 30.2 Å². The standard InChI is InChI=1S/C18H23N5O3/c1-2-19-17(25)12-5-9-14(10-6-12)23-15(4-3-11-24)16(21-22-23)18(26)20-13-7-8-13/h5-6,9-10,13,24H,2-4,7-8,11H2,1H3,(H,19,25)(H,20,26). The molecule has 1 aliphatic carbocycles. The van der Waals surface area contributed by atoms with Crippen molar-refractivity contribution in [3.05, 3.63) is 41.2 Å². The fourth-order valence-corrected chi connectivity index (χ4v) is 2.65. The number of aromatic nitrogens is 3. The van der Waals surface area contributed by atoms with Gasteiger partial charge >= 0.3 is 0 Å². The van der Waals surface area contributed by atoms with Crippen LogP contribution in [0.1, 0.15) is 52.7 Å². The Labute approximate surface area is 151 Å². The molecule has 26 heavy (non-hydrogen) atoms. The van der Waals surface area contributed by atoms with Gasteiger partial charge < -0.3 is 15.7 Å². The van der Waals surface area contributed by atoms with Crippen molar-refractivity contribution in [1.82, 2.24) is 25.6 Å². The number of aliphatic hydroxyl groups is 1. The monoisotopic (exact) mass is 357 g/mol. The van der Waals surface area contributed by atoms with Crippen LogP contribution in [0.3, 0.4) is 0 Å². The van der Waals surface area contributed by atoms with Gasteiger partial charge in [-0.15, -0.1) is 5.10 Å². The van der Waals surface area contributed by atoms with Crippen LogP contribution >= 0.6 is 0 Å². The Bertz CT molecular complexity index is 781. The first kappa shape index (κ1) is 18.1. The topological polar surface area (TPSA) is 109 Å². The number of benzene rings is 1. The lowest BCUT2D eigenvalue weighted by molar-refractivity contribution is 0.0940. The third kappa shape index (κ3) is 4.08. The zero-order valence-electron chi connectivity index (χ0n) is 14.7. The van der Waals surface area contributed by atoms with E-state index in [1.165, 1.54) is 0 Å². The summed E-state index contributed by atoms with van der Waals surface area (Å²) in [6.45, 7) is 2.45. The average Bonchev–Trinajstić information content (AvgIpc) is 3.36. The summed E-state index contributed by atoms with van der Waals surface area (Å²) in [5, 5.41) is 23.0. The van der Waals surface area contributed by atoms with Crippen LogP contribution in [-0.2, 0) is 6.42 Å². The normalized spacial score (nSPS) is 13.5. The molecule has 2 aromatic rings. The lowest BCUT2D eigenvalue weighted by Crippen LogP contribution is -2.27. The molecular formula is C18H23N5O3. The van der Waals surface area contributed by atoms with Crippen molar-refractivity contribution in [3.8, 4) is 5.69 Å². The predicted octanol–water partition coefficient (Wildman–Crippen LogP) is 0.834. The number of nitrogens with one attached hydrogen (secondary N) is 2. The van der Waals surface area contributed by atoms with E-state index in [1.54, 1.807) is 28.9 Å².